The van der Waals surface area contributed by atoms with E-state index in [9.17, 15) is 9.59 Å². The summed E-state index contributed by atoms with van der Waals surface area (Å²) >= 11 is 6.25. The van der Waals surface area contributed by atoms with Crippen LogP contribution in [0.15, 0.2) is 30.5 Å². The first kappa shape index (κ1) is 17.4. The zero-order valence-corrected chi connectivity index (χ0v) is 14.4. The molecule has 0 bridgehead atoms. The number of halogens is 1. The van der Waals surface area contributed by atoms with Crippen LogP contribution in [0.2, 0.25) is 5.02 Å². The van der Waals surface area contributed by atoms with Crippen LogP contribution in [-0.2, 0) is 17.9 Å². The number of carbonyl (C=O) groups excluding carboxylic acids is 1. The maximum Gasteiger partial charge on any atom is 0.358 e. The van der Waals surface area contributed by atoms with Gasteiger partial charge in [0.05, 0.1) is 6.20 Å². The summed E-state index contributed by atoms with van der Waals surface area (Å²) in [6, 6.07) is 7.65. The fourth-order valence-corrected chi connectivity index (χ4v) is 3.35. The number of amides is 1. The van der Waals surface area contributed by atoms with Crippen molar-refractivity contribution >= 4 is 23.5 Å². The van der Waals surface area contributed by atoms with Crippen molar-refractivity contribution in [3.05, 3.63) is 46.7 Å². The molecule has 1 fully saturated rings. The Labute approximate surface area is 150 Å². The molecule has 1 aromatic carbocycles. The van der Waals surface area contributed by atoms with Gasteiger partial charge in [-0.15, -0.1) is 5.10 Å². The van der Waals surface area contributed by atoms with Crippen LogP contribution in [-0.4, -0.2) is 42.9 Å². The Balaban J connectivity index is 1.77. The zero-order valence-electron chi connectivity index (χ0n) is 13.6. The molecule has 1 saturated carbocycles. The number of carbonyl (C=O) groups is 2. The van der Waals surface area contributed by atoms with E-state index in [1.54, 1.807) is 0 Å². The van der Waals surface area contributed by atoms with Gasteiger partial charge in [0, 0.05) is 17.6 Å². The summed E-state index contributed by atoms with van der Waals surface area (Å²) in [5, 5.41) is 16.8. The van der Waals surface area contributed by atoms with Gasteiger partial charge in [0.25, 0.3) is 0 Å². The third kappa shape index (κ3) is 4.17. The summed E-state index contributed by atoms with van der Waals surface area (Å²) in [6.07, 6.45) is 5.40. The van der Waals surface area contributed by atoms with Crippen LogP contribution in [0.1, 0.15) is 41.7 Å². The number of rotatable bonds is 6. The largest absolute Gasteiger partial charge is 0.476 e. The van der Waals surface area contributed by atoms with Crippen molar-refractivity contribution in [2.75, 3.05) is 0 Å². The molecular formula is C17H19ClN4O3. The van der Waals surface area contributed by atoms with Crippen LogP contribution < -0.4 is 0 Å². The number of carboxylic acids is 1. The number of aromatic nitrogens is 3. The van der Waals surface area contributed by atoms with Gasteiger partial charge in [0.2, 0.25) is 5.91 Å². The lowest BCUT2D eigenvalue weighted by Gasteiger charge is -2.29. The first-order valence-corrected chi connectivity index (χ1v) is 8.58. The molecule has 132 valence electrons. The van der Waals surface area contributed by atoms with E-state index in [0.717, 1.165) is 31.2 Å². The molecular weight excluding hydrogens is 344 g/mol. The Kier molecular flexibility index (Phi) is 5.33. The van der Waals surface area contributed by atoms with E-state index in [1.165, 1.54) is 10.9 Å². The summed E-state index contributed by atoms with van der Waals surface area (Å²) in [4.78, 5) is 25.6. The molecule has 1 heterocycles. The predicted octanol–water partition coefficient (Wildman–Crippen LogP) is 2.60. The fourth-order valence-electron chi connectivity index (χ4n) is 3.15. The monoisotopic (exact) mass is 362 g/mol. The molecule has 1 aromatic heterocycles. The second-order valence-corrected chi connectivity index (χ2v) is 6.57. The Morgan fingerprint density at radius 1 is 1.28 bits per heavy atom. The number of benzene rings is 1. The SMILES string of the molecule is O=C(O)c1cn(CC(=O)N(Cc2ccccc2Cl)C2CCCC2)nn1. The van der Waals surface area contributed by atoms with Crippen LogP contribution in [0.5, 0.6) is 0 Å². The normalized spacial score (nSPS) is 14.6. The first-order valence-electron chi connectivity index (χ1n) is 8.21. The second-order valence-electron chi connectivity index (χ2n) is 6.16. The van der Waals surface area contributed by atoms with Gasteiger partial charge < -0.3 is 10.0 Å². The van der Waals surface area contributed by atoms with Gasteiger partial charge >= 0.3 is 5.97 Å². The molecule has 0 saturated heterocycles. The molecule has 25 heavy (non-hydrogen) atoms. The average Bonchev–Trinajstić information content (AvgIpc) is 3.25. The minimum Gasteiger partial charge on any atom is -0.476 e. The standard InChI is InChI=1S/C17H19ClN4O3/c18-14-8-4-1-5-12(14)9-22(13-6-2-3-7-13)16(23)11-21-10-15(17(24)25)19-20-21/h1,4-5,8,10,13H,2-3,6-7,9,11H2,(H,24,25). The Hall–Kier alpha value is -2.41. The van der Waals surface area contributed by atoms with Gasteiger partial charge in [0.1, 0.15) is 6.54 Å². The number of hydrogen-bond acceptors (Lipinski definition) is 4. The third-order valence-corrected chi connectivity index (χ3v) is 4.81. The maximum absolute atomic E-state index is 12.8. The van der Waals surface area contributed by atoms with E-state index < -0.39 is 5.97 Å². The maximum atomic E-state index is 12.8. The summed E-state index contributed by atoms with van der Waals surface area (Å²) in [7, 11) is 0. The van der Waals surface area contributed by atoms with E-state index >= 15 is 0 Å². The molecule has 1 N–H and O–H groups in total. The summed E-state index contributed by atoms with van der Waals surface area (Å²) in [6.45, 7) is 0.394. The number of carboxylic acid groups (broad SMARTS) is 1. The fraction of sp³-hybridized carbons (Fsp3) is 0.412. The van der Waals surface area contributed by atoms with E-state index in [-0.39, 0.29) is 24.2 Å². The van der Waals surface area contributed by atoms with Gasteiger partial charge in [-0.05, 0) is 24.5 Å². The molecule has 7 nitrogen and oxygen atoms in total. The molecule has 0 radical (unpaired) electrons. The quantitative estimate of drug-likeness (QED) is 0.853. The number of aromatic carboxylic acids is 1. The van der Waals surface area contributed by atoms with Gasteiger partial charge in [-0.2, -0.15) is 0 Å². The molecule has 1 amide bonds. The van der Waals surface area contributed by atoms with Crippen molar-refractivity contribution in [1.82, 2.24) is 19.9 Å². The lowest BCUT2D eigenvalue weighted by atomic mass is 10.1. The molecule has 0 unspecified atom stereocenters. The molecule has 0 aliphatic heterocycles. The molecule has 0 spiro atoms. The average molecular weight is 363 g/mol. The molecule has 3 rings (SSSR count). The van der Waals surface area contributed by atoms with Crippen LogP contribution >= 0.6 is 11.6 Å². The molecule has 1 aliphatic carbocycles. The van der Waals surface area contributed by atoms with Crippen LogP contribution in [0.3, 0.4) is 0 Å². The molecule has 2 aromatic rings. The highest BCUT2D eigenvalue weighted by atomic mass is 35.5. The first-order chi connectivity index (χ1) is 12.0. The lowest BCUT2D eigenvalue weighted by molar-refractivity contribution is -0.135. The highest BCUT2D eigenvalue weighted by Gasteiger charge is 2.27. The second kappa shape index (κ2) is 7.65. The minimum atomic E-state index is -1.16. The molecule has 8 heteroatoms. The van der Waals surface area contributed by atoms with Gasteiger partial charge in [-0.1, -0.05) is 47.9 Å². The lowest BCUT2D eigenvalue weighted by Crippen LogP contribution is -2.40. The van der Waals surface area contributed by atoms with Crippen molar-refractivity contribution in [2.45, 2.75) is 44.8 Å². The molecule has 1 aliphatic rings. The molecule has 0 atom stereocenters. The highest BCUT2D eigenvalue weighted by Crippen LogP contribution is 2.27. The van der Waals surface area contributed by atoms with E-state index in [2.05, 4.69) is 10.3 Å². The van der Waals surface area contributed by atoms with E-state index in [4.69, 9.17) is 16.7 Å². The van der Waals surface area contributed by atoms with Crippen molar-refractivity contribution in [3.63, 3.8) is 0 Å². The zero-order chi connectivity index (χ0) is 17.8. The van der Waals surface area contributed by atoms with Crippen molar-refractivity contribution in [2.24, 2.45) is 0 Å². The van der Waals surface area contributed by atoms with Gasteiger partial charge in [-0.3, -0.25) is 4.79 Å². The highest BCUT2D eigenvalue weighted by molar-refractivity contribution is 6.31. The van der Waals surface area contributed by atoms with Crippen LogP contribution in [0.4, 0.5) is 0 Å². The Morgan fingerprint density at radius 3 is 2.64 bits per heavy atom. The van der Waals surface area contributed by atoms with E-state index in [1.807, 2.05) is 29.2 Å². The predicted molar refractivity (Wildman–Crippen MR) is 91.2 cm³/mol. The van der Waals surface area contributed by atoms with Crippen LogP contribution in [0.25, 0.3) is 0 Å². The number of nitrogens with zero attached hydrogens (tertiary/aromatic N) is 4. The Morgan fingerprint density at radius 2 is 2.00 bits per heavy atom. The minimum absolute atomic E-state index is 0.0404. The van der Waals surface area contributed by atoms with Crippen molar-refractivity contribution in [3.8, 4) is 0 Å². The summed E-state index contributed by atoms with van der Waals surface area (Å²) in [5.74, 6) is -1.28. The van der Waals surface area contributed by atoms with Crippen LogP contribution in [0, 0.1) is 0 Å². The van der Waals surface area contributed by atoms with Gasteiger partial charge in [0.15, 0.2) is 5.69 Å². The van der Waals surface area contributed by atoms with Gasteiger partial charge in [-0.25, -0.2) is 9.48 Å². The summed E-state index contributed by atoms with van der Waals surface area (Å²) < 4.78 is 1.26. The third-order valence-electron chi connectivity index (χ3n) is 4.44. The van der Waals surface area contributed by atoms with Crippen molar-refractivity contribution < 1.29 is 14.7 Å². The number of hydrogen-bond donors (Lipinski definition) is 1. The Bertz CT molecular complexity index is 771. The van der Waals surface area contributed by atoms with E-state index in [0.29, 0.717) is 11.6 Å². The topological polar surface area (TPSA) is 88.3 Å². The smallest absolute Gasteiger partial charge is 0.358 e. The summed E-state index contributed by atoms with van der Waals surface area (Å²) in [5.41, 5.74) is 0.723. The van der Waals surface area contributed by atoms with Crippen molar-refractivity contribution in [1.29, 1.82) is 0 Å².